The van der Waals surface area contributed by atoms with E-state index in [9.17, 15) is 8.78 Å². The Morgan fingerprint density at radius 2 is 2.00 bits per heavy atom. The van der Waals surface area contributed by atoms with Gasteiger partial charge in [0.2, 0.25) is 0 Å². The summed E-state index contributed by atoms with van der Waals surface area (Å²) in [7, 11) is 5.30. The molecular formula is C18H27F2IN4O. The van der Waals surface area contributed by atoms with Crippen molar-refractivity contribution in [2.75, 3.05) is 27.7 Å². The summed E-state index contributed by atoms with van der Waals surface area (Å²) in [5.74, 6) is -0.445. The molecule has 2 saturated heterocycles. The SMILES string of the molecule is CN=C(NCC(c1c(F)cccc1F)N(C)C)NC1CC2CCC1O2.I. The molecule has 2 bridgehead atoms. The Balaban J connectivity index is 0.00000243. The summed E-state index contributed by atoms with van der Waals surface area (Å²) in [5.41, 5.74) is 0.0682. The minimum atomic E-state index is -0.537. The van der Waals surface area contributed by atoms with E-state index in [1.165, 1.54) is 18.2 Å². The van der Waals surface area contributed by atoms with Crippen molar-refractivity contribution in [3.05, 3.63) is 35.4 Å². The van der Waals surface area contributed by atoms with Gasteiger partial charge >= 0.3 is 0 Å². The molecule has 1 aromatic rings. The lowest BCUT2D eigenvalue weighted by molar-refractivity contribution is 0.0992. The van der Waals surface area contributed by atoms with Crippen LogP contribution >= 0.6 is 24.0 Å². The molecule has 4 unspecified atom stereocenters. The van der Waals surface area contributed by atoms with Crippen molar-refractivity contribution >= 4 is 29.9 Å². The highest BCUT2D eigenvalue weighted by atomic mass is 127. The molecule has 2 heterocycles. The average molecular weight is 480 g/mol. The van der Waals surface area contributed by atoms with E-state index in [4.69, 9.17) is 4.74 Å². The van der Waals surface area contributed by atoms with Gasteiger partial charge < -0.3 is 20.3 Å². The van der Waals surface area contributed by atoms with Crippen LogP contribution in [0, 0.1) is 11.6 Å². The Kier molecular flexibility index (Phi) is 7.60. The summed E-state index contributed by atoms with van der Waals surface area (Å²) >= 11 is 0. The van der Waals surface area contributed by atoms with Gasteiger partial charge in [0.1, 0.15) is 11.6 Å². The molecule has 3 rings (SSSR count). The molecule has 2 fully saturated rings. The zero-order chi connectivity index (χ0) is 18.0. The molecule has 146 valence electrons. The topological polar surface area (TPSA) is 48.9 Å². The first-order valence-electron chi connectivity index (χ1n) is 8.72. The molecule has 0 spiro atoms. The van der Waals surface area contributed by atoms with Gasteiger partial charge in [-0.05, 0) is 45.5 Å². The highest BCUT2D eigenvalue weighted by Gasteiger charge is 2.41. The minimum Gasteiger partial charge on any atom is -0.373 e. The highest BCUT2D eigenvalue weighted by Crippen LogP contribution is 2.34. The smallest absolute Gasteiger partial charge is 0.191 e. The van der Waals surface area contributed by atoms with E-state index >= 15 is 0 Å². The third kappa shape index (κ3) is 4.64. The average Bonchev–Trinajstić information content (AvgIpc) is 3.18. The first-order chi connectivity index (χ1) is 12.0. The number of benzene rings is 1. The normalized spacial score (nSPS) is 25.9. The van der Waals surface area contributed by atoms with Gasteiger partial charge in [0.25, 0.3) is 0 Å². The van der Waals surface area contributed by atoms with Crippen LogP contribution in [0.1, 0.15) is 30.9 Å². The van der Waals surface area contributed by atoms with Gasteiger partial charge in [-0.25, -0.2) is 8.78 Å². The van der Waals surface area contributed by atoms with E-state index in [0.29, 0.717) is 18.6 Å². The molecule has 0 aromatic heterocycles. The first kappa shape index (κ1) is 21.3. The van der Waals surface area contributed by atoms with Crippen LogP contribution in [0.25, 0.3) is 0 Å². The summed E-state index contributed by atoms with van der Waals surface area (Å²) in [6.45, 7) is 0.339. The van der Waals surface area contributed by atoms with Crippen molar-refractivity contribution in [1.29, 1.82) is 0 Å². The zero-order valence-electron chi connectivity index (χ0n) is 15.3. The maximum absolute atomic E-state index is 14.1. The Hall–Kier alpha value is -1.00. The van der Waals surface area contributed by atoms with Gasteiger partial charge in [-0.1, -0.05) is 6.07 Å². The van der Waals surface area contributed by atoms with Crippen LogP contribution in [0.5, 0.6) is 0 Å². The lowest BCUT2D eigenvalue weighted by atomic mass is 9.96. The number of fused-ring (bicyclic) bond motifs is 2. The largest absolute Gasteiger partial charge is 0.373 e. The van der Waals surface area contributed by atoms with Crippen LogP contribution in [0.4, 0.5) is 8.78 Å². The summed E-state index contributed by atoms with van der Waals surface area (Å²) in [6.07, 6.45) is 3.76. The first-order valence-corrected chi connectivity index (χ1v) is 8.72. The lowest BCUT2D eigenvalue weighted by Crippen LogP contribution is -2.49. The molecule has 0 aliphatic carbocycles. The van der Waals surface area contributed by atoms with E-state index in [1.807, 2.05) is 0 Å². The van der Waals surface area contributed by atoms with Crippen LogP contribution in [0.2, 0.25) is 0 Å². The van der Waals surface area contributed by atoms with Crippen LogP contribution in [-0.4, -0.2) is 56.8 Å². The van der Waals surface area contributed by atoms with Gasteiger partial charge in [-0.2, -0.15) is 0 Å². The van der Waals surface area contributed by atoms with Crippen molar-refractivity contribution in [3.8, 4) is 0 Å². The lowest BCUT2D eigenvalue weighted by Gasteiger charge is -2.28. The van der Waals surface area contributed by atoms with Crippen molar-refractivity contribution in [3.63, 3.8) is 0 Å². The van der Waals surface area contributed by atoms with Gasteiger partial charge in [0.15, 0.2) is 5.96 Å². The van der Waals surface area contributed by atoms with Crippen molar-refractivity contribution in [1.82, 2.24) is 15.5 Å². The van der Waals surface area contributed by atoms with Gasteiger partial charge in [0.05, 0.1) is 24.3 Å². The third-order valence-corrected chi connectivity index (χ3v) is 5.07. The van der Waals surface area contributed by atoms with E-state index in [0.717, 1.165) is 19.3 Å². The molecule has 0 saturated carbocycles. The molecule has 2 aliphatic rings. The number of nitrogens with one attached hydrogen (secondary N) is 2. The van der Waals surface area contributed by atoms with Crippen LogP contribution in [0.3, 0.4) is 0 Å². The van der Waals surface area contributed by atoms with Crippen LogP contribution < -0.4 is 10.6 Å². The number of hydrogen-bond donors (Lipinski definition) is 2. The quantitative estimate of drug-likeness (QED) is 0.387. The second-order valence-corrected chi connectivity index (χ2v) is 6.93. The fourth-order valence-electron chi connectivity index (χ4n) is 3.73. The molecule has 2 N–H and O–H groups in total. The van der Waals surface area contributed by atoms with E-state index in [-0.39, 0.29) is 41.7 Å². The van der Waals surface area contributed by atoms with E-state index < -0.39 is 17.7 Å². The van der Waals surface area contributed by atoms with Crippen LogP contribution in [0.15, 0.2) is 23.2 Å². The molecule has 5 nitrogen and oxygen atoms in total. The minimum absolute atomic E-state index is 0. The standard InChI is InChI=1S/C18H26F2N4O.HI/c1-21-18(23-14-9-11-7-8-16(14)25-11)22-10-15(24(2)3)17-12(19)5-4-6-13(17)20;/h4-6,11,14-16H,7-10H2,1-3H3,(H2,21,22,23);1H. The maximum atomic E-state index is 14.1. The van der Waals surface area contributed by atoms with Gasteiger partial charge in [-0.3, -0.25) is 4.99 Å². The summed E-state index contributed by atoms with van der Waals surface area (Å²) in [4.78, 5) is 6.03. The van der Waals surface area contributed by atoms with Crippen molar-refractivity contribution < 1.29 is 13.5 Å². The number of rotatable bonds is 5. The van der Waals surface area contributed by atoms with E-state index in [2.05, 4.69) is 15.6 Å². The number of halogens is 3. The Morgan fingerprint density at radius 3 is 2.50 bits per heavy atom. The molecule has 2 aliphatic heterocycles. The van der Waals surface area contributed by atoms with Crippen molar-refractivity contribution in [2.24, 2.45) is 4.99 Å². The second-order valence-electron chi connectivity index (χ2n) is 6.93. The van der Waals surface area contributed by atoms with Gasteiger partial charge in [0, 0.05) is 19.2 Å². The zero-order valence-corrected chi connectivity index (χ0v) is 17.7. The molecule has 1 aromatic carbocycles. The third-order valence-electron chi connectivity index (χ3n) is 5.07. The number of guanidine groups is 1. The molecular weight excluding hydrogens is 453 g/mol. The second kappa shape index (κ2) is 9.27. The Labute approximate surface area is 170 Å². The number of hydrogen-bond acceptors (Lipinski definition) is 3. The highest BCUT2D eigenvalue weighted by molar-refractivity contribution is 14.0. The number of ether oxygens (including phenoxy) is 1. The number of likely N-dealkylation sites (N-methyl/N-ethyl adjacent to an activating group) is 1. The van der Waals surface area contributed by atoms with E-state index in [1.54, 1.807) is 26.0 Å². The molecule has 0 amide bonds. The number of aliphatic imine (C=N–C) groups is 1. The van der Waals surface area contributed by atoms with Crippen molar-refractivity contribution in [2.45, 2.75) is 43.6 Å². The van der Waals surface area contributed by atoms with Gasteiger partial charge in [-0.15, -0.1) is 24.0 Å². The summed E-state index contributed by atoms with van der Waals surface area (Å²) in [5, 5.41) is 6.58. The maximum Gasteiger partial charge on any atom is 0.191 e. The number of nitrogens with zero attached hydrogens (tertiary/aromatic N) is 2. The summed E-state index contributed by atoms with van der Waals surface area (Å²) in [6, 6.07) is 3.75. The van der Waals surface area contributed by atoms with Crippen LogP contribution in [-0.2, 0) is 4.74 Å². The predicted molar refractivity (Wildman–Crippen MR) is 109 cm³/mol. The fourth-order valence-corrected chi connectivity index (χ4v) is 3.73. The summed E-state index contributed by atoms with van der Waals surface area (Å²) < 4.78 is 34.1. The molecule has 0 radical (unpaired) electrons. The molecule has 26 heavy (non-hydrogen) atoms. The Morgan fingerprint density at radius 1 is 1.31 bits per heavy atom. The molecule has 4 atom stereocenters. The predicted octanol–water partition coefficient (Wildman–Crippen LogP) is 2.67. The Bertz CT molecular complexity index is 623. The fraction of sp³-hybridized carbons (Fsp3) is 0.611. The molecule has 8 heteroatoms. The monoisotopic (exact) mass is 480 g/mol.